The van der Waals surface area contributed by atoms with Gasteiger partial charge in [0.1, 0.15) is 11.9 Å². The van der Waals surface area contributed by atoms with E-state index in [1.807, 2.05) is 0 Å². The number of thiazole rings is 1. The van der Waals surface area contributed by atoms with Crippen LogP contribution in [0.15, 0.2) is 18.6 Å². The van der Waals surface area contributed by atoms with E-state index in [2.05, 4.69) is 20.3 Å². The molecule has 1 saturated heterocycles. The fourth-order valence-corrected chi connectivity index (χ4v) is 4.04. The van der Waals surface area contributed by atoms with E-state index in [0.717, 1.165) is 23.7 Å². The Morgan fingerprint density at radius 1 is 1.30 bits per heavy atom. The number of likely N-dealkylation sites (tertiary alicyclic amines) is 1. The zero-order valence-corrected chi connectivity index (χ0v) is 15.1. The standard InChI is InChI=1S/C16H17F4N5OS/c1-9(26)24-15-23-6-12(27-15)8-25-7-10(2-13(25)16(18,19)20)3-14-21-4-11(17)5-22-14/h4-6,10,13H,2-3,7-8H2,1H3,(H,23,24,26). The van der Waals surface area contributed by atoms with E-state index < -0.39 is 18.0 Å². The number of carbonyl (C=O) groups is 1. The number of nitrogens with zero attached hydrogens (tertiary/aromatic N) is 4. The van der Waals surface area contributed by atoms with Gasteiger partial charge in [0, 0.05) is 37.5 Å². The first-order chi connectivity index (χ1) is 12.7. The first-order valence-electron chi connectivity index (χ1n) is 8.20. The Labute approximate surface area is 156 Å². The van der Waals surface area contributed by atoms with Crippen molar-refractivity contribution in [2.24, 2.45) is 5.92 Å². The Morgan fingerprint density at radius 3 is 2.63 bits per heavy atom. The smallest absolute Gasteiger partial charge is 0.302 e. The molecule has 2 atom stereocenters. The molecule has 11 heteroatoms. The van der Waals surface area contributed by atoms with Crippen LogP contribution in [-0.4, -0.2) is 44.5 Å². The van der Waals surface area contributed by atoms with Crippen LogP contribution >= 0.6 is 11.3 Å². The minimum atomic E-state index is -4.36. The minimum absolute atomic E-state index is 0.0679. The lowest BCUT2D eigenvalue weighted by atomic mass is 10.0. The quantitative estimate of drug-likeness (QED) is 0.777. The Bertz CT molecular complexity index is 795. The molecule has 0 bridgehead atoms. The molecule has 0 spiro atoms. The third-order valence-electron chi connectivity index (χ3n) is 4.21. The Balaban J connectivity index is 1.69. The third kappa shape index (κ3) is 5.19. The molecule has 1 fully saturated rings. The first kappa shape index (κ1) is 19.6. The predicted molar refractivity (Wildman–Crippen MR) is 90.5 cm³/mol. The molecule has 27 heavy (non-hydrogen) atoms. The van der Waals surface area contributed by atoms with Crippen molar-refractivity contribution < 1.29 is 22.4 Å². The van der Waals surface area contributed by atoms with Gasteiger partial charge in [0.15, 0.2) is 10.9 Å². The van der Waals surface area contributed by atoms with Gasteiger partial charge in [-0.2, -0.15) is 13.2 Å². The second kappa shape index (κ2) is 7.85. The molecule has 0 aromatic carbocycles. The van der Waals surface area contributed by atoms with Crippen molar-refractivity contribution in [3.63, 3.8) is 0 Å². The molecule has 0 radical (unpaired) electrons. The highest BCUT2D eigenvalue weighted by molar-refractivity contribution is 7.15. The number of amides is 1. The summed E-state index contributed by atoms with van der Waals surface area (Å²) in [6.45, 7) is 1.64. The number of anilines is 1. The Hall–Kier alpha value is -2.14. The monoisotopic (exact) mass is 403 g/mol. The minimum Gasteiger partial charge on any atom is -0.302 e. The van der Waals surface area contributed by atoms with Crippen molar-refractivity contribution in [3.05, 3.63) is 35.1 Å². The fraction of sp³-hybridized carbons (Fsp3) is 0.500. The summed E-state index contributed by atoms with van der Waals surface area (Å²) >= 11 is 1.15. The maximum Gasteiger partial charge on any atom is 0.404 e. The molecule has 2 aromatic rings. The van der Waals surface area contributed by atoms with Crippen molar-refractivity contribution in [1.82, 2.24) is 19.9 Å². The molecule has 1 aliphatic rings. The first-order valence-corrected chi connectivity index (χ1v) is 9.02. The van der Waals surface area contributed by atoms with E-state index in [4.69, 9.17) is 0 Å². The van der Waals surface area contributed by atoms with Gasteiger partial charge in [0.05, 0.1) is 12.4 Å². The van der Waals surface area contributed by atoms with Crippen molar-refractivity contribution >= 4 is 22.4 Å². The van der Waals surface area contributed by atoms with Crippen LogP contribution in [0.25, 0.3) is 0 Å². The topological polar surface area (TPSA) is 71.0 Å². The summed E-state index contributed by atoms with van der Waals surface area (Å²) in [7, 11) is 0. The Morgan fingerprint density at radius 2 is 2.00 bits per heavy atom. The number of nitrogens with one attached hydrogen (secondary N) is 1. The van der Waals surface area contributed by atoms with Crippen LogP contribution in [-0.2, 0) is 17.8 Å². The van der Waals surface area contributed by atoms with Gasteiger partial charge in [-0.3, -0.25) is 9.69 Å². The molecule has 1 aliphatic heterocycles. The van der Waals surface area contributed by atoms with E-state index in [9.17, 15) is 22.4 Å². The molecule has 146 valence electrons. The lowest BCUT2D eigenvalue weighted by molar-refractivity contribution is -0.177. The average Bonchev–Trinajstić information content (AvgIpc) is 3.16. The number of rotatable bonds is 5. The van der Waals surface area contributed by atoms with Crippen LogP contribution in [0, 0.1) is 11.7 Å². The molecule has 1 N–H and O–H groups in total. The second-order valence-electron chi connectivity index (χ2n) is 6.42. The van der Waals surface area contributed by atoms with Crippen molar-refractivity contribution in [2.45, 2.75) is 38.5 Å². The molecule has 0 aliphatic carbocycles. The van der Waals surface area contributed by atoms with Gasteiger partial charge < -0.3 is 5.32 Å². The van der Waals surface area contributed by atoms with Crippen LogP contribution in [0.5, 0.6) is 0 Å². The van der Waals surface area contributed by atoms with Crippen molar-refractivity contribution in [2.75, 3.05) is 11.9 Å². The van der Waals surface area contributed by atoms with Crippen LogP contribution < -0.4 is 5.32 Å². The normalized spacial score (nSPS) is 20.8. The molecule has 1 amide bonds. The predicted octanol–water partition coefficient (Wildman–Crippen LogP) is 3.03. The highest BCUT2D eigenvalue weighted by Gasteiger charge is 2.49. The summed E-state index contributed by atoms with van der Waals surface area (Å²) in [5.74, 6) is -0.829. The number of halogens is 4. The zero-order chi connectivity index (χ0) is 19.6. The second-order valence-corrected chi connectivity index (χ2v) is 7.54. The van der Waals surface area contributed by atoms with Crippen molar-refractivity contribution in [1.29, 1.82) is 0 Å². The van der Waals surface area contributed by atoms with Crippen LogP contribution in [0.1, 0.15) is 24.0 Å². The lowest BCUT2D eigenvalue weighted by Crippen LogP contribution is -2.40. The van der Waals surface area contributed by atoms with Gasteiger partial charge in [-0.05, 0) is 12.3 Å². The van der Waals surface area contributed by atoms with Crippen LogP contribution in [0.3, 0.4) is 0 Å². The lowest BCUT2D eigenvalue weighted by Gasteiger charge is -2.25. The number of carbonyl (C=O) groups excluding carboxylic acids is 1. The van der Waals surface area contributed by atoms with Gasteiger partial charge in [0.25, 0.3) is 0 Å². The highest BCUT2D eigenvalue weighted by Crippen LogP contribution is 2.37. The third-order valence-corrected chi connectivity index (χ3v) is 5.11. The van der Waals surface area contributed by atoms with Gasteiger partial charge in [-0.15, -0.1) is 11.3 Å². The maximum absolute atomic E-state index is 13.5. The fourth-order valence-electron chi connectivity index (χ4n) is 3.15. The molecule has 2 unspecified atom stereocenters. The Kier molecular flexibility index (Phi) is 5.70. The highest BCUT2D eigenvalue weighted by atomic mass is 32.1. The van der Waals surface area contributed by atoms with Gasteiger partial charge in [-0.25, -0.2) is 19.3 Å². The SMILES string of the molecule is CC(=O)Nc1ncc(CN2CC(Cc3ncc(F)cn3)CC2C(F)(F)F)s1. The van der Waals surface area contributed by atoms with Gasteiger partial charge in [0.2, 0.25) is 5.91 Å². The summed E-state index contributed by atoms with van der Waals surface area (Å²) in [6, 6.07) is -1.57. The van der Waals surface area contributed by atoms with Crippen LogP contribution in [0.4, 0.5) is 22.7 Å². The maximum atomic E-state index is 13.5. The molecular formula is C16H17F4N5OS. The number of alkyl halides is 3. The molecule has 2 aromatic heterocycles. The number of hydrogen-bond donors (Lipinski definition) is 1. The number of hydrogen-bond acceptors (Lipinski definition) is 6. The summed E-state index contributed by atoms with van der Waals surface area (Å²) in [5.41, 5.74) is 0. The molecular weight excluding hydrogens is 386 g/mol. The number of aromatic nitrogens is 3. The van der Waals surface area contributed by atoms with E-state index in [-0.39, 0.29) is 37.8 Å². The van der Waals surface area contributed by atoms with E-state index in [0.29, 0.717) is 15.8 Å². The zero-order valence-electron chi connectivity index (χ0n) is 14.3. The molecule has 3 heterocycles. The van der Waals surface area contributed by atoms with Crippen molar-refractivity contribution in [3.8, 4) is 0 Å². The molecule has 0 saturated carbocycles. The summed E-state index contributed by atoms with van der Waals surface area (Å²) < 4.78 is 53.3. The summed E-state index contributed by atoms with van der Waals surface area (Å²) in [5, 5.41) is 2.88. The largest absolute Gasteiger partial charge is 0.404 e. The molecule has 6 nitrogen and oxygen atoms in total. The summed E-state index contributed by atoms with van der Waals surface area (Å²) in [4.78, 5) is 24.7. The average molecular weight is 403 g/mol. The van der Waals surface area contributed by atoms with Gasteiger partial charge in [-0.1, -0.05) is 0 Å². The van der Waals surface area contributed by atoms with Gasteiger partial charge >= 0.3 is 6.18 Å². The van der Waals surface area contributed by atoms with E-state index in [1.165, 1.54) is 18.0 Å². The van der Waals surface area contributed by atoms with E-state index >= 15 is 0 Å². The van der Waals surface area contributed by atoms with E-state index in [1.54, 1.807) is 0 Å². The van der Waals surface area contributed by atoms with Crippen LogP contribution in [0.2, 0.25) is 0 Å². The summed E-state index contributed by atoms with van der Waals surface area (Å²) in [6.07, 6.45) is -0.678. The molecule has 3 rings (SSSR count).